The highest BCUT2D eigenvalue weighted by molar-refractivity contribution is 6.17. The molecule has 0 heterocycles. The number of nitrogens with zero attached hydrogens (tertiary/aromatic N) is 2. The predicted octanol–water partition coefficient (Wildman–Crippen LogP) is 2.99. The first-order valence-electron chi connectivity index (χ1n) is 5.94. The van der Waals surface area contributed by atoms with Crippen molar-refractivity contribution in [2.75, 3.05) is 14.1 Å². The summed E-state index contributed by atoms with van der Waals surface area (Å²) in [5.74, 6) is -0.243. The summed E-state index contributed by atoms with van der Waals surface area (Å²) in [6, 6.07) is 15.2. The molecule has 0 aliphatic carbocycles. The van der Waals surface area contributed by atoms with E-state index in [9.17, 15) is 4.79 Å². The normalized spacial score (nSPS) is 11.1. The van der Waals surface area contributed by atoms with Gasteiger partial charge in [0.25, 0.3) is 0 Å². The molecule has 0 fully saturated rings. The number of carbonyl (C=O) groups is 1. The molecule has 0 aliphatic rings. The first-order valence-corrected chi connectivity index (χ1v) is 5.94. The number of hydrogen-bond donors (Lipinski definition) is 0. The lowest BCUT2D eigenvalue weighted by molar-refractivity contribution is 0.103. The minimum absolute atomic E-state index is 0.140. The van der Waals surface area contributed by atoms with Crippen molar-refractivity contribution < 1.29 is 4.79 Å². The van der Waals surface area contributed by atoms with Crippen LogP contribution in [0.2, 0.25) is 0 Å². The molecule has 0 unspecified atom stereocenters. The molecule has 94 valence electrons. The molecule has 0 aliphatic heterocycles. The molecule has 0 bridgehead atoms. The average Bonchev–Trinajstić information content (AvgIpc) is 2.43. The summed E-state index contributed by atoms with van der Waals surface area (Å²) in [5, 5.41) is 11.0. The van der Waals surface area contributed by atoms with E-state index in [2.05, 4.69) is 0 Å². The first-order chi connectivity index (χ1) is 9.13. The number of benzene rings is 2. The Bertz CT molecular complexity index is 688. The molecule has 0 atom stereocenters. The Morgan fingerprint density at radius 2 is 1.84 bits per heavy atom. The van der Waals surface area contributed by atoms with Gasteiger partial charge in [0.2, 0.25) is 5.78 Å². The van der Waals surface area contributed by atoms with Crippen molar-refractivity contribution in [3.63, 3.8) is 0 Å². The highest BCUT2D eigenvalue weighted by Crippen LogP contribution is 2.21. The van der Waals surface area contributed by atoms with Gasteiger partial charge in [0, 0.05) is 25.9 Å². The van der Waals surface area contributed by atoms with Crippen LogP contribution in [0.4, 0.5) is 0 Å². The molecule has 0 aromatic heterocycles. The van der Waals surface area contributed by atoms with Crippen LogP contribution in [0, 0.1) is 11.3 Å². The Morgan fingerprint density at radius 3 is 2.53 bits per heavy atom. The molecular formula is C16H14N2O. The van der Waals surface area contributed by atoms with Gasteiger partial charge in [-0.05, 0) is 10.8 Å². The van der Waals surface area contributed by atoms with Crippen molar-refractivity contribution in [3.8, 4) is 6.07 Å². The Labute approximate surface area is 112 Å². The average molecular weight is 250 g/mol. The van der Waals surface area contributed by atoms with Gasteiger partial charge in [-0.1, -0.05) is 42.5 Å². The Morgan fingerprint density at radius 1 is 1.16 bits per heavy atom. The molecule has 0 saturated carbocycles. The van der Waals surface area contributed by atoms with Crippen LogP contribution in [0.1, 0.15) is 10.4 Å². The van der Waals surface area contributed by atoms with Crippen LogP contribution >= 0.6 is 0 Å². The molecule has 2 aromatic carbocycles. The molecule has 3 heteroatoms. The predicted molar refractivity (Wildman–Crippen MR) is 75.7 cm³/mol. The van der Waals surface area contributed by atoms with Gasteiger partial charge >= 0.3 is 0 Å². The highest BCUT2D eigenvalue weighted by atomic mass is 16.1. The first kappa shape index (κ1) is 12.8. The summed E-state index contributed by atoms with van der Waals surface area (Å²) in [5.41, 5.74) is 0.703. The van der Waals surface area contributed by atoms with Crippen molar-refractivity contribution >= 4 is 16.6 Å². The number of nitriles is 1. The lowest BCUT2D eigenvalue weighted by Gasteiger charge is -2.08. The number of ketones is 1. The molecular weight excluding hydrogens is 236 g/mol. The van der Waals surface area contributed by atoms with Gasteiger partial charge in [-0.25, -0.2) is 0 Å². The number of rotatable bonds is 3. The number of fused-ring (bicyclic) bond motifs is 1. The van der Waals surface area contributed by atoms with E-state index < -0.39 is 0 Å². The number of allylic oxidation sites excluding steroid dienone is 1. The monoisotopic (exact) mass is 250 g/mol. The third-order valence-electron chi connectivity index (χ3n) is 2.79. The largest absolute Gasteiger partial charge is 0.382 e. The van der Waals surface area contributed by atoms with Crippen LogP contribution in [0.15, 0.2) is 54.2 Å². The molecule has 19 heavy (non-hydrogen) atoms. The van der Waals surface area contributed by atoms with Gasteiger partial charge in [0.05, 0.1) is 0 Å². The minimum Gasteiger partial charge on any atom is -0.382 e. The van der Waals surface area contributed by atoms with Crippen LogP contribution in [0.3, 0.4) is 0 Å². The van der Waals surface area contributed by atoms with Crippen molar-refractivity contribution in [2.45, 2.75) is 0 Å². The van der Waals surface area contributed by atoms with Crippen molar-refractivity contribution in [1.82, 2.24) is 4.90 Å². The van der Waals surface area contributed by atoms with Gasteiger partial charge in [-0.2, -0.15) is 5.26 Å². The zero-order valence-corrected chi connectivity index (χ0v) is 10.9. The molecule has 0 N–H and O–H groups in total. The minimum atomic E-state index is -0.243. The van der Waals surface area contributed by atoms with E-state index in [0.29, 0.717) is 5.56 Å². The maximum absolute atomic E-state index is 12.4. The van der Waals surface area contributed by atoms with E-state index in [0.717, 1.165) is 10.8 Å². The molecule has 3 nitrogen and oxygen atoms in total. The number of carbonyl (C=O) groups excluding carboxylic acids is 1. The fourth-order valence-corrected chi connectivity index (χ4v) is 1.96. The topological polar surface area (TPSA) is 44.1 Å². The Balaban J connectivity index is 2.56. The van der Waals surface area contributed by atoms with E-state index in [1.807, 2.05) is 42.5 Å². The molecule has 2 aromatic rings. The van der Waals surface area contributed by atoms with Crippen LogP contribution in [-0.2, 0) is 0 Å². The van der Waals surface area contributed by atoms with E-state index in [4.69, 9.17) is 5.26 Å². The van der Waals surface area contributed by atoms with E-state index in [1.54, 1.807) is 31.3 Å². The molecule has 0 radical (unpaired) electrons. The summed E-state index contributed by atoms with van der Waals surface area (Å²) in [7, 11) is 3.57. The summed E-state index contributed by atoms with van der Waals surface area (Å²) < 4.78 is 0. The number of Topliss-reactive ketones (excluding diaryl/α,β-unsaturated/α-hetero) is 1. The van der Waals surface area contributed by atoms with Gasteiger partial charge in [0.15, 0.2) is 0 Å². The van der Waals surface area contributed by atoms with Crippen molar-refractivity contribution in [3.05, 3.63) is 59.8 Å². The zero-order chi connectivity index (χ0) is 13.8. The van der Waals surface area contributed by atoms with Gasteiger partial charge in [-0.3, -0.25) is 4.79 Å². The zero-order valence-electron chi connectivity index (χ0n) is 10.9. The molecule has 0 saturated heterocycles. The maximum Gasteiger partial charge on any atom is 0.205 e. The third kappa shape index (κ3) is 2.63. The van der Waals surface area contributed by atoms with E-state index in [1.165, 1.54) is 0 Å². The second-order valence-electron chi connectivity index (χ2n) is 4.47. The Hall–Kier alpha value is -2.60. The fraction of sp³-hybridized carbons (Fsp3) is 0.125. The van der Waals surface area contributed by atoms with Crippen LogP contribution in [0.25, 0.3) is 10.8 Å². The Kier molecular flexibility index (Phi) is 3.63. The van der Waals surface area contributed by atoms with E-state index in [-0.39, 0.29) is 11.4 Å². The van der Waals surface area contributed by atoms with Gasteiger partial charge < -0.3 is 4.90 Å². The van der Waals surface area contributed by atoms with Crippen LogP contribution < -0.4 is 0 Å². The van der Waals surface area contributed by atoms with Crippen molar-refractivity contribution in [2.24, 2.45) is 0 Å². The molecule has 0 amide bonds. The van der Waals surface area contributed by atoms with Crippen LogP contribution in [-0.4, -0.2) is 24.8 Å². The summed E-state index contributed by atoms with van der Waals surface area (Å²) in [6.07, 6.45) is 1.55. The third-order valence-corrected chi connectivity index (χ3v) is 2.79. The summed E-state index contributed by atoms with van der Waals surface area (Å²) in [6.45, 7) is 0. The van der Waals surface area contributed by atoms with Crippen molar-refractivity contribution in [1.29, 1.82) is 5.26 Å². The molecule has 2 rings (SSSR count). The lowest BCUT2D eigenvalue weighted by atomic mass is 9.98. The fourth-order valence-electron chi connectivity index (χ4n) is 1.96. The standard InChI is InChI=1S/C16H14N2O/c1-18(2)11-13(10-17)16(19)15-9-5-7-12-6-3-4-8-14(12)15/h3-9,11H,1-2H3/b13-11-. The maximum atomic E-state index is 12.4. The van der Waals surface area contributed by atoms with Crippen LogP contribution in [0.5, 0.6) is 0 Å². The SMILES string of the molecule is CN(C)/C=C(/C#N)C(=O)c1cccc2ccccc12. The molecule has 0 spiro atoms. The summed E-state index contributed by atoms with van der Waals surface area (Å²) >= 11 is 0. The lowest BCUT2D eigenvalue weighted by Crippen LogP contribution is -2.09. The van der Waals surface area contributed by atoms with Gasteiger partial charge in [0.1, 0.15) is 11.6 Å². The second-order valence-corrected chi connectivity index (χ2v) is 4.47. The van der Waals surface area contributed by atoms with Gasteiger partial charge in [-0.15, -0.1) is 0 Å². The van der Waals surface area contributed by atoms with E-state index >= 15 is 0 Å². The number of hydrogen-bond acceptors (Lipinski definition) is 3. The summed E-state index contributed by atoms with van der Waals surface area (Å²) in [4.78, 5) is 14.1. The quantitative estimate of drug-likeness (QED) is 0.478. The highest BCUT2D eigenvalue weighted by Gasteiger charge is 2.14. The second kappa shape index (κ2) is 5.36. The smallest absolute Gasteiger partial charge is 0.205 e.